The van der Waals surface area contributed by atoms with Crippen molar-refractivity contribution in [3.8, 4) is 0 Å². The molecule has 1 aromatic heterocycles. The van der Waals surface area contributed by atoms with Crippen LogP contribution in [0.15, 0.2) is 30.6 Å². The molecule has 0 saturated carbocycles. The van der Waals surface area contributed by atoms with E-state index >= 15 is 0 Å². The number of nitrogens with one attached hydrogen (secondary N) is 2. The highest BCUT2D eigenvalue weighted by molar-refractivity contribution is 14.1. The molecular weight excluding hydrogens is 425 g/mol. The molecule has 1 aromatic carbocycles. The van der Waals surface area contributed by atoms with Crippen molar-refractivity contribution in [1.29, 1.82) is 0 Å². The van der Waals surface area contributed by atoms with Crippen LogP contribution >= 0.6 is 22.6 Å². The van der Waals surface area contributed by atoms with Crippen LogP contribution in [0.3, 0.4) is 0 Å². The molecule has 1 fully saturated rings. The van der Waals surface area contributed by atoms with Crippen molar-refractivity contribution in [2.24, 2.45) is 0 Å². The molecule has 2 N–H and O–H groups in total. The number of ether oxygens (including phenoxy) is 1. The van der Waals surface area contributed by atoms with E-state index in [0.717, 1.165) is 28.7 Å². The summed E-state index contributed by atoms with van der Waals surface area (Å²) in [5.74, 6) is 0.351. The average Bonchev–Trinajstić information content (AvgIpc) is 3.08. The van der Waals surface area contributed by atoms with Crippen molar-refractivity contribution in [3.05, 3.63) is 44.3 Å². The van der Waals surface area contributed by atoms with E-state index in [1.165, 1.54) is 6.33 Å². The quantitative estimate of drug-likeness (QED) is 0.403. The lowest BCUT2D eigenvalue weighted by molar-refractivity contribution is -0.383. The molecule has 0 amide bonds. The summed E-state index contributed by atoms with van der Waals surface area (Å²) in [5.41, 5.74) is 0.552. The highest BCUT2D eigenvalue weighted by Crippen LogP contribution is 2.31. The van der Waals surface area contributed by atoms with Gasteiger partial charge in [0.2, 0.25) is 11.6 Å². The minimum absolute atomic E-state index is 0.0622. The summed E-state index contributed by atoms with van der Waals surface area (Å²) < 4.78 is 6.60. The van der Waals surface area contributed by atoms with Crippen molar-refractivity contribution >= 4 is 45.6 Å². The van der Waals surface area contributed by atoms with E-state index in [0.29, 0.717) is 6.54 Å². The van der Waals surface area contributed by atoms with Gasteiger partial charge in [-0.1, -0.05) is 0 Å². The first-order valence-corrected chi connectivity index (χ1v) is 8.59. The molecule has 0 spiro atoms. The summed E-state index contributed by atoms with van der Waals surface area (Å²) in [6.07, 6.45) is 3.32. The minimum Gasteiger partial charge on any atom is -0.376 e. The Bertz CT molecular complexity index is 720. The first kappa shape index (κ1) is 16.8. The molecule has 9 heteroatoms. The Morgan fingerprint density at radius 3 is 2.71 bits per heavy atom. The lowest BCUT2D eigenvalue weighted by Gasteiger charge is -2.13. The van der Waals surface area contributed by atoms with Gasteiger partial charge in [-0.25, -0.2) is 9.97 Å². The lowest BCUT2D eigenvalue weighted by Crippen LogP contribution is -2.20. The Labute approximate surface area is 152 Å². The number of nitrogens with zero attached hydrogens (tertiary/aromatic N) is 3. The van der Waals surface area contributed by atoms with Crippen molar-refractivity contribution in [1.82, 2.24) is 9.97 Å². The maximum atomic E-state index is 11.5. The topological polar surface area (TPSA) is 102 Å². The normalized spacial score (nSPS) is 16.8. The van der Waals surface area contributed by atoms with Crippen LogP contribution in [-0.4, -0.2) is 34.1 Å². The number of nitro groups is 1. The minimum atomic E-state index is -0.479. The number of aromatic nitrogens is 2. The average molecular weight is 441 g/mol. The zero-order chi connectivity index (χ0) is 16.9. The van der Waals surface area contributed by atoms with Crippen LogP contribution in [0.25, 0.3) is 0 Å². The van der Waals surface area contributed by atoms with E-state index in [2.05, 4.69) is 43.2 Å². The van der Waals surface area contributed by atoms with Gasteiger partial charge in [0.1, 0.15) is 6.33 Å². The van der Waals surface area contributed by atoms with Crippen molar-refractivity contribution < 1.29 is 9.66 Å². The largest absolute Gasteiger partial charge is 0.376 e. The molecule has 1 atom stereocenters. The Balaban J connectivity index is 1.81. The Morgan fingerprint density at radius 2 is 2.04 bits per heavy atom. The molecule has 3 rings (SSSR count). The Morgan fingerprint density at radius 1 is 1.29 bits per heavy atom. The third-order valence-electron chi connectivity index (χ3n) is 3.63. The molecule has 0 bridgehead atoms. The second-order valence-electron chi connectivity index (χ2n) is 5.32. The fraction of sp³-hybridized carbons (Fsp3) is 0.333. The maximum Gasteiger partial charge on any atom is 0.353 e. The van der Waals surface area contributed by atoms with E-state index in [9.17, 15) is 10.1 Å². The number of benzene rings is 1. The predicted octanol–water partition coefficient (Wildman–Crippen LogP) is 3.32. The number of rotatable bonds is 6. The molecule has 1 aliphatic rings. The molecular formula is C15H16IN5O3. The van der Waals surface area contributed by atoms with Gasteiger partial charge in [0.25, 0.3) is 0 Å². The summed E-state index contributed by atoms with van der Waals surface area (Å²) in [6.45, 7) is 1.22. The van der Waals surface area contributed by atoms with E-state index in [1.54, 1.807) is 0 Å². The van der Waals surface area contributed by atoms with E-state index in [4.69, 9.17) is 4.74 Å². The van der Waals surface area contributed by atoms with Gasteiger partial charge < -0.3 is 15.4 Å². The highest BCUT2D eigenvalue weighted by Gasteiger charge is 2.24. The molecule has 1 unspecified atom stereocenters. The number of hydrogen-bond acceptors (Lipinski definition) is 7. The van der Waals surface area contributed by atoms with E-state index in [-0.39, 0.29) is 23.4 Å². The molecule has 0 radical (unpaired) electrons. The number of anilines is 3. The van der Waals surface area contributed by atoms with Gasteiger partial charge in [0, 0.05) is 22.4 Å². The van der Waals surface area contributed by atoms with Gasteiger partial charge in [-0.2, -0.15) is 0 Å². The molecule has 8 nitrogen and oxygen atoms in total. The summed E-state index contributed by atoms with van der Waals surface area (Å²) in [4.78, 5) is 19.1. The molecule has 24 heavy (non-hydrogen) atoms. The molecule has 126 valence electrons. The summed E-state index contributed by atoms with van der Waals surface area (Å²) >= 11 is 2.20. The standard InChI is InChI=1S/C15H16IN5O3/c16-10-3-5-11(6-4-10)20-15-13(21(22)23)14(18-9-19-15)17-8-12-2-1-7-24-12/h3-6,9,12H,1-2,7-8H2,(H2,17,18,19,20). The van der Waals surface area contributed by atoms with Crippen LogP contribution in [0.2, 0.25) is 0 Å². The number of hydrogen-bond donors (Lipinski definition) is 2. The Kier molecular flexibility index (Phi) is 5.41. The molecule has 1 aliphatic heterocycles. The predicted molar refractivity (Wildman–Crippen MR) is 98.6 cm³/mol. The van der Waals surface area contributed by atoms with Gasteiger partial charge in [-0.05, 0) is 59.7 Å². The lowest BCUT2D eigenvalue weighted by atomic mass is 10.2. The smallest absolute Gasteiger partial charge is 0.353 e. The maximum absolute atomic E-state index is 11.5. The third kappa shape index (κ3) is 4.09. The molecule has 2 heterocycles. The van der Waals surface area contributed by atoms with Crippen LogP contribution in [0.1, 0.15) is 12.8 Å². The van der Waals surface area contributed by atoms with Crippen molar-refractivity contribution in [2.45, 2.75) is 18.9 Å². The van der Waals surface area contributed by atoms with Crippen LogP contribution in [0.5, 0.6) is 0 Å². The van der Waals surface area contributed by atoms with Gasteiger partial charge in [0.15, 0.2) is 0 Å². The molecule has 1 saturated heterocycles. The molecule has 2 aromatic rings. The number of halogens is 1. The van der Waals surface area contributed by atoms with Gasteiger partial charge in [0.05, 0.1) is 11.0 Å². The van der Waals surface area contributed by atoms with E-state index in [1.807, 2.05) is 24.3 Å². The summed E-state index contributed by atoms with van der Waals surface area (Å²) in [6, 6.07) is 7.50. The zero-order valence-electron chi connectivity index (χ0n) is 12.7. The molecule has 0 aliphatic carbocycles. The van der Waals surface area contributed by atoms with Crippen LogP contribution in [-0.2, 0) is 4.74 Å². The fourth-order valence-corrected chi connectivity index (χ4v) is 2.82. The van der Waals surface area contributed by atoms with Crippen LogP contribution in [0, 0.1) is 13.7 Å². The van der Waals surface area contributed by atoms with Crippen LogP contribution in [0.4, 0.5) is 23.0 Å². The van der Waals surface area contributed by atoms with Gasteiger partial charge >= 0.3 is 5.69 Å². The van der Waals surface area contributed by atoms with Gasteiger partial charge in [-0.15, -0.1) is 0 Å². The summed E-state index contributed by atoms with van der Waals surface area (Å²) in [7, 11) is 0. The Hall–Kier alpha value is -2.01. The third-order valence-corrected chi connectivity index (χ3v) is 4.35. The first-order valence-electron chi connectivity index (χ1n) is 7.51. The fourth-order valence-electron chi connectivity index (χ4n) is 2.46. The van der Waals surface area contributed by atoms with Crippen molar-refractivity contribution in [2.75, 3.05) is 23.8 Å². The monoisotopic (exact) mass is 441 g/mol. The summed E-state index contributed by atoms with van der Waals surface area (Å²) in [5, 5.41) is 17.5. The first-order chi connectivity index (χ1) is 11.6. The van der Waals surface area contributed by atoms with Crippen molar-refractivity contribution in [3.63, 3.8) is 0 Å². The van der Waals surface area contributed by atoms with E-state index < -0.39 is 4.92 Å². The highest BCUT2D eigenvalue weighted by atomic mass is 127. The zero-order valence-corrected chi connectivity index (χ0v) is 14.9. The second-order valence-corrected chi connectivity index (χ2v) is 6.57. The SMILES string of the molecule is O=[N+]([O-])c1c(NCC2CCCO2)ncnc1Nc1ccc(I)cc1. The van der Waals surface area contributed by atoms with Gasteiger partial charge in [-0.3, -0.25) is 10.1 Å². The van der Waals surface area contributed by atoms with Crippen LogP contribution < -0.4 is 10.6 Å². The second kappa shape index (κ2) is 7.71.